The normalized spacial score (nSPS) is 40.4. The van der Waals surface area contributed by atoms with Gasteiger partial charge in [0.1, 0.15) is 5.76 Å². The van der Waals surface area contributed by atoms with Gasteiger partial charge in [-0.25, -0.2) is 0 Å². The Bertz CT molecular complexity index is 507. The van der Waals surface area contributed by atoms with Crippen molar-refractivity contribution in [3.05, 3.63) is 12.3 Å². The summed E-state index contributed by atoms with van der Waals surface area (Å²) in [6.45, 7) is 10.4. The second-order valence-electron chi connectivity index (χ2n) is 7.61. The summed E-state index contributed by atoms with van der Waals surface area (Å²) in [7, 11) is 0. The Balaban J connectivity index is 2.00. The van der Waals surface area contributed by atoms with Crippen LogP contribution in [0.5, 0.6) is 0 Å². The zero-order chi connectivity index (χ0) is 15.4. The van der Waals surface area contributed by atoms with Crippen LogP contribution in [0.2, 0.25) is 0 Å². The molecule has 0 aromatic carbocycles. The Kier molecular flexibility index (Phi) is 3.19. The Labute approximate surface area is 125 Å². The Hall–Kier alpha value is -1.32. The molecule has 21 heavy (non-hydrogen) atoms. The number of fused-ring (bicyclic) bond motifs is 1. The molecule has 2 saturated carbocycles. The van der Waals surface area contributed by atoms with Gasteiger partial charge in [0.2, 0.25) is 0 Å². The van der Waals surface area contributed by atoms with Crippen LogP contribution in [0.25, 0.3) is 0 Å². The molecule has 1 aliphatic heterocycles. The molecule has 3 fully saturated rings. The standard InChI is InChI=1S/C17H24O4/c1-10-14-15-12(8-13(19)21-10)17(14,9-20-11(2)18)7-5-6-16(15,3)4/h12,14-15H,1,5-9H2,2-4H3/t12-,14+,15-,17-/m0/s1. The minimum Gasteiger partial charge on any atom is -0.465 e. The molecule has 0 unspecified atom stereocenters. The maximum atomic E-state index is 12.0. The molecule has 0 spiro atoms. The second-order valence-corrected chi connectivity index (χ2v) is 7.61. The molecule has 0 amide bonds. The first kappa shape index (κ1) is 14.6. The van der Waals surface area contributed by atoms with Crippen molar-refractivity contribution in [2.45, 2.75) is 46.5 Å². The topological polar surface area (TPSA) is 52.6 Å². The van der Waals surface area contributed by atoms with Gasteiger partial charge in [-0.2, -0.15) is 0 Å². The summed E-state index contributed by atoms with van der Waals surface area (Å²) in [5.74, 6) is 0.915. The van der Waals surface area contributed by atoms with Crippen LogP contribution in [0.15, 0.2) is 12.3 Å². The number of esters is 2. The number of hydrogen-bond acceptors (Lipinski definition) is 4. The molecule has 1 heterocycles. The van der Waals surface area contributed by atoms with E-state index in [9.17, 15) is 9.59 Å². The lowest BCUT2D eigenvalue weighted by atomic mass is 9.41. The first-order chi connectivity index (χ1) is 9.78. The zero-order valence-electron chi connectivity index (χ0n) is 13.1. The lowest BCUT2D eigenvalue weighted by molar-refractivity contribution is -0.183. The van der Waals surface area contributed by atoms with Gasteiger partial charge >= 0.3 is 11.9 Å². The molecule has 3 aliphatic rings. The summed E-state index contributed by atoms with van der Waals surface area (Å²) in [5.41, 5.74) is 0.0236. The minimum absolute atomic E-state index is 0.130. The Morgan fingerprint density at radius 1 is 1.43 bits per heavy atom. The largest absolute Gasteiger partial charge is 0.465 e. The Morgan fingerprint density at radius 2 is 2.14 bits per heavy atom. The van der Waals surface area contributed by atoms with E-state index in [0.29, 0.717) is 24.7 Å². The van der Waals surface area contributed by atoms with Gasteiger partial charge in [0.15, 0.2) is 0 Å². The summed E-state index contributed by atoms with van der Waals surface area (Å²) in [5, 5.41) is 0. The highest BCUT2D eigenvalue weighted by atomic mass is 16.5. The van der Waals surface area contributed by atoms with Crippen molar-refractivity contribution in [2.75, 3.05) is 6.61 Å². The fourth-order valence-corrected chi connectivity index (χ4v) is 5.22. The van der Waals surface area contributed by atoms with Gasteiger partial charge in [-0.05, 0) is 30.1 Å². The van der Waals surface area contributed by atoms with Gasteiger partial charge in [0.25, 0.3) is 0 Å². The van der Waals surface area contributed by atoms with E-state index in [1.165, 1.54) is 6.92 Å². The van der Waals surface area contributed by atoms with E-state index in [0.717, 1.165) is 19.3 Å². The molecule has 0 aromatic heterocycles. The van der Waals surface area contributed by atoms with E-state index in [4.69, 9.17) is 9.47 Å². The van der Waals surface area contributed by atoms with Crippen LogP contribution < -0.4 is 0 Å². The first-order valence-corrected chi connectivity index (χ1v) is 7.81. The third-order valence-electron chi connectivity index (χ3n) is 6.04. The smallest absolute Gasteiger partial charge is 0.311 e. The molecule has 4 atom stereocenters. The predicted molar refractivity (Wildman–Crippen MR) is 77.0 cm³/mol. The molecular weight excluding hydrogens is 268 g/mol. The van der Waals surface area contributed by atoms with Crippen molar-refractivity contribution in [1.82, 2.24) is 0 Å². The van der Waals surface area contributed by atoms with Crippen molar-refractivity contribution in [1.29, 1.82) is 0 Å². The summed E-state index contributed by atoms with van der Waals surface area (Å²) >= 11 is 0. The summed E-state index contributed by atoms with van der Waals surface area (Å²) in [6.07, 6.45) is 3.63. The average Bonchev–Trinajstić information content (AvgIpc) is 2.66. The number of rotatable bonds is 2. The zero-order valence-corrected chi connectivity index (χ0v) is 13.1. The average molecular weight is 292 g/mol. The molecule has 3 rings (SSSR count). The van der Waals surface area contributed by atoms with Gasteiger partial charge in [0, 0.05) is 24.7 Å². The predicted octanol–water partition coefficient (Wildman–Crippen LogP) is 3.07. The van der Waals surface area contributed by atoms with Gasteiger partial charge in [-0.15, -0.1) is 0 Å². The molecule has 1 saturated heterocycles. The lowest BCUT2D eigenvalue weighted by Crippen LogP contribution is -2.61. The van der Waals surface area contributed by atoms with E-state index in [-0.39, 0.29) is 34.6 Å². The molecule has 4 heteroatoms. The highest BCUT2D eigenvalue weighted by molar-refractivity contribution is 5.73. The molecule has 4 bridgehead atoms. The van der Waals surface area contributed by atoms with Crippen molar-refractivity contribution < 1.29 is 19.1 Å². The third-order valence-corrected chi connectivity index (χ3v) is 6.04. The maximum absolute atomic E-state index is 12.0. The molecular formula is C17H24O4. The highest BCUT2D eigenvalue weighted by Crippen LogP contribution is 2.71. The number of cyclic esters (lactones) is 1. The Morgan fingerprint density at radius 3 is 2.81 bits per heavy atom. The van der Waals surface area contributed by atoms with E-state index in [1.807, 2.05) is 0 Å². The van der Waals surface area contributed by atoms with Gasteiger partial charge in [-0.3, -0.25) is 9.59 Å². The fourth-order valence-electron chi connectivity index (χ4n) is 5.22. The molecule has 0 radical (unpaired) electrons. The van der Waals surface area contributed by atoms with Gasteiger partial charge in [-0.1, -0.05) is 26.8 Å². The lowest BCUT2D eigenvalue weighted by Gasteiger charge is -2.62. The monoisotopic (exact) mass is 292 g/mol. The van der Waals surface area contributed by atoms with Crippen molar-refractivity contribution in [3.8, 4) is 0 Å². The molecule has 2 aliphatic carbocycles. The minimum atomic E-state index is -0.258. The fraction of sp³-hybridized carbons (Fsp3) is 0.765. The molecule has 116 valence electrons. The van der Waals surface area contributed by atoms with E-state index < -0.39 is 0 Å². The molecule has 4 nitrogen and oxygen atoms in total. The maximum Gasteiger partial charge on any atom is 0.311 e. The third kappa shape index (κ3) is 2.02. The van der Waals surface area contributed by atoms with Crippen molar-refractivity contribution in [3.63, 3.8) is 0 Å². The van der Waals surface area contributed by atoms with Gasteiger partial charge < -0.3 is 9.47 Å². The number of carbonyl (C=O) groups excluding carboxylic acids is 2. The van der Waals surface area contributed by atoms with Crippen LogP contribution in [-0.4, -0.2) is 18.5 Å². The van der Waals surface area contributed by atoms with Crippen LogP contribution in [0.3, 0.4) is 0 Å². The van der Waals surface area contributed by atoms with Gasteiger partial charge in [0.05, 0.1) is 6.61 Å². The number of hydrogen-bond donors (Lipinski definition) is 0. The molecule has 0 N–H and O–H groups in total. The quantitative estimate of drug-likeness (QED) is 0.734. The van der Waals surface area contributed by atoms with E-state index in [1.54, 1.807) is 0 Å². The number of ether oxygens (including phenoxy) is 2. The van der Waals surface area contributed by atoms with Crippen LogP contribution in [0, 0.1) is 28.6 Å². The van der Waals surface area contributed by atoms with E-state index in [2.05, 4.69) is 20.4 Å². The van der Waals surface area contributed by atoms with E-state index >= 15 is 0 Å². The van der Waals surface area contributed by atoms with Crippen LogP contribution in [0.4, 0.5) is 0 Å². The molecule has 0 aromatic rings. The van der Waals surface area contributed by atoms with Crippen LogP contribution in [0.1, 0.15) is 46.5 Å². The number of allylic oxidation sites excluding steroid dienone is 1. The summed E-state index contributed by atoms with van der Waals surface area (Å²) in [6, 6.07) is 0. The van der Waals surface area contributed by atoms with Crippen LogP contribution >= 0.6 is 0 Å². The first-order valence-electron chi connectivity index (χ1n) is 7.81. The second kappa shape index (κ2) is 4.59. The summed E-state index contributed by atoms with van der Waals surface area (Å²) < 4.78 is 10.8. The SMILES string of the molecule is C=C1OC(=O)C[C@H]2[C@H]3[C@@H]1[C@]2(COC(C)=O)CCCC3(C)C. The van der Waals surface area contributed by atoms with Crippen molar-refractivity contribution in [2.24, 2.45) is 28.6 Å². The highest BCUT2D eigenvalue weighted by Gasteiger charge is 2.69. The summed E-state index contributed by atoms with van der Waals surface area (Å²) in [4.78, 5) is 23.2. The van der Waals surface area contributed by atoms with Crippen LogP contribution in [-0.2, 0) is 19.1 Å². The van der Waals surface area contributed by atoms with Crippen molar-refractivity contribution >= 4 is 11.9 Å². The number of carbonyl (C=O) groups is 2.